The van der Waals surface area contributed by atoms with E-state index in [1.807, 2.05) is 0 Å². The van der Waals surface area contributed by atoms with E-state index in [2.05, 4.69) is 15.5 Å². The summed E-state index contributed by atoms with van der Waals surface area (Å²) >= 11 is 0.973. The van der Waals surface area contributed by atoms with Crippen molar-refractivity contribution < 1.29 is 51.2 Å². The van der Waals surface area contributed by atoms with E-state index in [-0.39, 0.29) is 24.0 Å². The number of aromatic nitrogens is 1. The van der Waals surface area contributed by atoms with E-state index in [0.29, 0.717) is 4.31 Å². The first kappa shape index (κ1) is 29.2. The summed E-state index contributed by atoms with van der Waals surface area (Å²) in [7, 11) is -4.58. The predicted octanol–water partition coefficient (Wildman–Crippen LogP) is -1.13. The third-order valence-electron chi connectivity index (χ3n) is 5.33. The maximum atomic E-state index is 12.8. The number of hydrogen-bond acceptors (Lipinski definition) is 14. The van der Waals surface area contributed by atoms with Gasteiger partial charge in [-0.15, -0.1) is 11.3 Å². The zero-order valence-electron chi connectivity index (χ0n) is 20.8. The fourth-order valence-corrected chi connectivity index (χ4v) is 4.47. The molecule has 16 nitrogen and oxygen atoms in total. The largest absolute Gasteiger partial charge is 0.478 e. The van der Waals surface area contributed by atoms with Crippen LogP contribution in [0.4, 0.5) is 5.13 Å². The van der Waals surface area contributed by atoms with Crippen molar-refractivity contribution in [3.05, 3.63) is 11.1 Å². The lowest BCUT2D eigenvalue weighted by molar-refractivity contribution is -0.183. The molecule has 0 unspecified atom stereocenters. The van der Waals surface area contributed by atoms with Gasteiger partial charge in [0.2, 0.25) is 5.60 Å². The smallest absolute Gasteiger partial charge is 0.364 e. The zero-order chi connectivity index (χ0) is 28.5. The second-order valence-electron chi connectivity index (χ2n) is 9.48. The molecule has 2 saturated heterocycles. The minimum atomic E-state index is -4.58. The lowest BCUT2D eigenvalue weighted by Gasteiger charge is -2.37. The Hall–Kier alpha value is -3.35. The number of nitrogens with zero attached hydrogens (tertiary/aromatic N) is 3. The Morgan fingerprint density at radius 2 is 1.97 bits per heavy atom. The standard InChI is InChI=1S/C20H27N5O11S2/c1-19(2,17(30)35-10-6-33-7-10)9-34-38(31,32)25-5-11(15(25)27)22-14(26)13(12-8-37-18(21)23-12)24-36-20(3,4)16(28)29/h8,10-11H,5-7,9H2,1-4H3,(H2,21,23)(H,22,26)(H,28,29)/b24-13+/t11-/m0/s1. The SMILES string of the molecule is CC(C)(COS(=O)(=O)N1C[C@H](NC(=O)/C(=N/OC(C)(C)C(=O)O)c2csc(N)n2)C1=O)C(=O)OC1COC1. The van der Waals surface area contributed by atoms with E-state index >= 15 is 0 Å². The Morgan fingerprint density at radius 3 is 2.47 bits per heavy atom. The molecule has 4 N–H and O–H groups in total. The van der Waals surface area contributed by atoms with E-state index in [1.165, 1.54) is 33.1 Å². The minimum Gasteiger partial charge on any atom is -0.478 e. The van der Waals surface area contributed by atoms with Crippen molar-refractivity contribution in [1.29, 1.82) is 0 Å². The van der Waals surface area contributed by atoms with Crippen LogP contribution in [0.5, 0.6) is 0 Å². The molecule has 1 aromatic rings. The van der Waals surface area contributed by atoms with Gasteiger partial charge in [-0.3, -0.25) is 18.6 Å². The highest BCUT2D eigenvalue weighted by Gasteiger charge is 2.47. The number of amides is 2. The second-order valence-corrected chi connectivity index (χ2v) is 11.9. The highest BCUT2D eigenvalue weighted by atomic mass is 32.2. The summed E-state index contributed by atoms with van der Waals surface area (Å²) in [6, 6.07) is -1.27. The molecule has 0 spiro atoms. The fourth-order valence-electron chi connectivity index (χ4n) is 2.67. The van der Waals surface area contributed by atoms with Crippen LogP contribution in [0.2, 0.25) is 0 Å². The van der Waals surface area contributed by atoms with Crippen LogP contribution in [0.1, 0.15) is 33.4 Å². The number of carboxylic acid groups (broad SMARTS) is 1. The van der Waals surface area contributed by atoms with Gasteiger partial charge in [0.1, 0.15) is 17.8 Å². The highest BCUT2D eigenvalue weighted by Crippen LogP contribution is 2.24. The number of β-lactam (4-membered cyclic amide) rings is 1. The van der Waals surface area contributed by atoms with Crippen molar-refractivity contribution in [2.75, 3.05) is 32.1 Å². The van der Waals surface area contributed by atoms with Crippen molar-refractivity contribution in [3.63, 3.8) is 0 Å². The van der Waals surface area contributed by atoms with Crippen LogP contribution in [-0.4, -0.2) is 96.4 Å². The number of aliphatic carboxylic acids is 1. The Kier molecular flexibility index (Phi) is 8.30. The topological polar surface area (TPSA) is 226 Å². The molecule has 0 aliphatic carbocycles. The van der Waals surface area contributed by atoms with Gasteiger partial charge in [0.05, 0.1) is 31.8 Å². The van der Waals surface area contributed by atoms with Crippen LogP contribution in [0.25, 0.3) is 0 Å². The summed E-state index contributed by atoms with van der Waals surface area (Å²) in [5, 5.41) is 16.5. The van der Waals surface area contributed by atoms with Gasteiger partial charge in [-0.1, -0.05) is 5.16 Å². The molecule has 0 saturated carbocycles. The van der Waals surface area contributed by atoms with Crippen LogP contribution in [0.15, 0.2) is 10.5 Å². The number of nitrogens with two attached hydrogens (primary N) is 1. The van der Waals surface area contributed by atoms with Gasteiger partial charge >= 0.3 is 22.2 Å². The third-order valence-corrected chi connectivity index (χ3v) is 7.29. The zero-order valence-corrected chi connectivity index (χ0v) is 22.5. The molecule has 18 heteroatoms. The average molecular weight is 578 g/mol. The lowest BCUT2D eigenvalue weighted by atomic mass is 9.95. The van der Waals surface area contributed by atoms with Gasteiger partial charge in [0.15, 0.2) is 10.8 Å². The van der Waals surface area contributed by atoms with Crippen molar-refractivity contribution in [3.8, 4) is 0 Å². The molecular weight excluding hydrogens is 550 g/mol. The Balaban J connectivity index is 1.62. The quantitative estimate of drug-likeness (QED) is 0.116. The number of nitrogens with one attached hydrogen (secondary N) is 1. The molecule has 2 fully saturated rings. The molecule has 2 aliphatic rings. The second kappa shape index (κ2) is 10.8. The first-order chi connectivity index (χ1) is 17.5. The van der Waals surface area contributed by atoms with Gasteiger partial charge in [-0.25, -0.2) is 14.1 Å². The van der Waals surface area contributed by atoms with Crippen molar-refractivity contribution in [2.24, 2.45) is 10.6 Å². The Morgan fingerprint density at radius 1 is 1.32 bits per heavy atom. The van der Waals surface area contributed by atoms with Crippen LogP contribution in [0.3, 0.4) is 0 Å². The van der Waals surface area contributed by atoms with Crippen LogP contribution in [-0.2, 0) is 48.0 Å². The molecule has 3 heterocycles. The molecule has 1 aromatic heterocycles. The molecule has 0 radical (unpaired) electrons. The number of nitrogen functional groups attached to an aromatic ring is 1. The first-order valence-electron chi connectivity index (χ1n) is 11.0. The normalized spacial score (nSPS) is 18.8. The molecule has 3 rings (SSSR count). The maximum absolute atomic E-state index is 12.8. The average Bonchev–Trinajstić information content (AvgIpc) is 3.22. The molecule has 0 bridgehead atoms. The number of ether oxygens (including phenoxy) is 2. The van der Waals surface area contributed by atoms with Crippen molar-refractivity contribution in [2.45, 2.75) is 45.4 Å². The number of carbonyl (C=O) groups excluding carboxylic acids is 3. The summed E-state index contributed by atoms with van der Waals surface area (Å²) in [5.74, 6) is -4.04. The number of carbonyl (C=O) groups is 4. The highest BCUT2D eigenvalue weighted by molar-refractivity contribution is 7.85. The molecule has 210 valence electrons. The number of thiazole rings is 1. The summed E-state index contributed by atoms with van der Waals surface area (Å²) < 4.78 is 40.4. The van der Waals surface area contributed by atoms with Crippen LogP contribution in [0, 0.1) is 5.41 Å². The molecule has 38 heavy (non-hydrogen) atoms. The number of rotatable bonds is 12. The van der Waals surface area contributed by atoms with Crippen LogP contribution < -0.4 is 11.1 Å². The van der Waals surface area contributed by atoms with E-state index in [4.69, 9.17) is 24.2 Å². The van der Waals surface area contributed by atoms with Gasteiger partial charge in [0, 0.05) is 5.38 Å². The molecular formula is C20H27N5O11S2. The van der Waals surface area contributed by atoms with E-state index in [1.54, 1.807) is 0 Å². The third kappa shape index (κ3) is 6.55. The van der Waals surface area contributed by atoms with Crippen molar-refractivity contribution in [1.82, 2.24) is 14.6 Å². The lowest BCUT2D eigenvalue weighted by Crippen LogP contribution is -2.66. The molecule has 0 aromatic carbocycles. The number of carboxylic acids is 1. The summed E-state index contributed by atoms with van der Waals surface area (Å²) in [5.41, 5.74) is 1.93. The monoisotopic (exact) mass is 577 g/mol. The van der Waals surface area contributed by atoms with E-state index in [9.17, 15) is 32.7 Å². The molecule has 2 aliphatic heterocycles. The van der Waals surface area contributed by atoms with Gasteiger partial charge in [-0.2, -0.15) is 8.42 Å². The summed E-state index contributed by atoms with van der Waals surface area (Å²) in [4.78, 5) is 57.8. The predicted molar refractivity (Wildman–Crippen MR) is 129 cm³/mol. The number of anilines is 1. The van der Waals surface area contributed by atoms with Crippen molar-refractivity contribution >= 4 is 56.2 Å². The summed E-state index contributed by atoms with van der Waals surface area (Å²) in [6.07, 6.45) is -0.408. The number of esters is 1. The van der Waals surface area contributed by atoms with Gasteiger partial charge < -0.3 is 30.5 Å². The van der Waals surface area contributed by atoms with Gasteiger partial charge in [-0.05, 0) is 27.7 Å². The maximum Gasteiger partial charge on any atom is 0.364 e. The Bertz CT molecular complexity index is 1250. The van der Waals surface area contributed by atoms with E-state index < -0.39 is 76.1 Å². The van der Waals surface area contributed by atoms with Gasteiger partial charge in [0.25, 0.3) is 11.8 Å². The van der Waals surface area contributed by atoms with Crippen LogP contribution >= 0.6 is 11.3 Å². The first-order valence-corrected chi connectivity index (χ1v) is 13.3. The number of oxime groups is 1. The molecule has 1 atom stereocenters. The summed E-state index contributed by atoms with van der Waals surface area (Å²) in [6.45, 7) is 4.68. The number of hydrogen-bond donors (Lipinski definition) is 3. The van der Waals surface area contributed by atoms with E-state index in [0.717, 1.165) is 11.3 Å². The molecule has 2 amide bonds. The fraction of sp³-hybridized carbons (Fsp3) is 0.600. The Labute approximate surface area is 221 Å². The minimum absolute atomic E-state index is 0.0478.